The number of rotatable bonds is 5. The molecule has 1 aliphatic rings. The van der Waals surface area contributed by atoms with E-state index >= 15 is 0 Å². The molecule has 15 heteroatoms. The second-order valence-corrected chi connectivity index (χ2v) is 7.75. The Bertz CT molecular complexity index is 894. The number of anilines is 1. The number of aliphatic hydroxyl groups excluding tert-OH is 1. The zero-order chi connectivity index (χ0) is 18.4. The normalized spacial score (nSPS) is 29.1. The molecule has 0 saturated carbocycles. The molecule has 11 nitrogen and oxygen atoms in total. The van der Waals surface area contributed by atoms with Gasteiger partial charge in [0.05, 0.1) is 12.9 Å². The van der Waals surface area contributed by atoms with Gasteiger partial charge in [-0.15, -0.1) is 4.73 Å². The number of H-pyrrole nitrogens is 1. The second-order valence-electron chi connectivity index (χ2n) is 5.07. The number of aromatic nitrogens is 4. The van der Waals surface area contributed by atoms with Crippen LogP contribution in [0.4, 0.5) is 14.9 Å². The van der Waals surface area contributed by atoms with E-state index < -0.39 is 43.5 Å². The van der Waals surface area contributed by atoms with E-state index in [9.17, 15) is 23.7 Å². The fourth-order valence-electron chi connectivity index (χ4n) is 2.48. The van der Waals surface area contributed by atoms with E-state index in [1.165, 1.54) is 0 Å². The van der Waals surface area contributed by atoms with E-state index in [0.29, 0.717) is 0 Å². The van der Waals surface area contributed by atoms with E-state index in [1.807, 2.05) is 0 Å². The van der Waals surface area contributed by atoms with Crippen LogP contribution in [0.2, 0.25) is 0 Å². The van der Waals surface area contributed by atoms with Gasteiger partial charge in [0.1, 0.15) is 12.2 Å². The van der Waals surface area contributed by atoms with Gasteiger partial charge in [-0.2, -0.15) is 4.98 Å². The molecule has 1 unspecified atom stereocenters. The number of ether oxygens (including phenoxy) is 1. The van der Waals surface area contributed by atoms with E-state index in [1.54, 1.807) is 0 Å². The maximum absolute atomic E-state index is 14.4. The number of hydrogen-bond donors (Lipinski definition) is 4. The number of nitrogens with one attached hydrogen (secondary N) is 1. The lowest BCUT2D eigenvalue weighted by molar-refractivity contribution is -0.0660. The second kappa shape index (κ2) is 6.64. The molecule has 2 aromatic heterocycles. The van der Waals surface area contributed by atoms with Gasteiger partial charge in [0.2, 0.25) is 5.95 Å². The quantitative estimate of drug-likeness (QED) is 0.480. The van der Waals surface area contributed by atoms with Crippen molar-refractivity contribution in [1.29, 1.82) is 0 Å². The number of nitrogen functional groups attached to an aromatic ring is 1. The highest BCUT2D eigenvalue weighted by atomic mass is 32.5. The summed E-state index contributed by atoms with van der Waals surface area (Å²) < 4.78 is 41.2. The molecular formula is C10H12F2N5O6PS. The van der Waals surface area contributed by atoms with Gasteiger partial charge in [0.15, 0.2) is 23.6 Å². The van der Waals surface area contributed by atoms with Crippen molar-refractivity contribution in [3.63, 3.8) is 0 Å². The van der Waals surface area contributed by atoms with Gasteiger partial charge in [0, 0.05) is 0 Å². The minimum absolute atomic E-state index is 0.0713. The number of halogens is 2. The van der Waals surface area contributed by atoms with Crippen LogP contribution in [0.25, 0.3) is 11.2 Å². The minimum atomic E-state index is -4.40. The molecule has 3 rings (SSSR count). The molecule has 0 aromatic carbocycles. The molecule has 25 heavy (non-hydrogen) atoms. The van der Waals surface area contributed by atoms with Crippen LogP contribution in [0.3, 0.4) is 0 Å². The molecule has 0 spiro atoms. The van der Waals surface area contributed by atoms with Gasteiger partial charge in [0.25, 0.3) is 5.56 Å². The molecule has 5 N–H and O–H groups in total. The van der Waals surface area contributed by atoms with Crippen LogP contribution >= 0.6 is 6.72 Å². The summed E-state index contributed by atoms with van der Waals surface area (Å²) in [5.74, 6) is -0.232. The van der Waals surface area contributed by atoms with Gasteiger partial charge in [-0.3, -0.25) is 18.9 Å². The van der Waals surface area contributed by atoms with Crippen molar-refractivity contribution >= 4 is 35.6 Å². The molecule has 2 aromatic rings. The summed E-state index contributed by atoms with van der Waals surface area (Å²) in [5, 5.41) is 9.21. The first-order chi connectivity index (χ1) is 11.8. The Morgan fingerprint density at radius 3 is 2.96 bits per heavy atom. The van der Waals surface area contributed by atoms with E-state index in [4.69, 9.17) is 15.0 Å². The summed E-state index contributed by atoms with van der Waals surface area (Å²) in [6.07, 6.45) is -5.30. The standard InChI is InChI=1S/C10H12F2N5O6PS/c11-4-3(1-18)21-9(6(4)22-24(20,25)23-12)17-2-14-5-7(17)15-10(13)16-8(5)19/h2-4,6,9,18H,1H2,(H,20,25)(H3,13,15,16,19)/t3-,4+,6-,9-,24?/m1/s1. The topological polar surface area (TPSA) is 158 Å². The van der Waals surface area contributed by atoms with Crippen LogP contribution < -0.4 is 11.3 Å². The lowest BCUT2D eigenvalue weighted by atomic mass is 10.1. The van der Waals surface area contributed by atoms with E-state index in [2.05, 4.69) is 31.5 Å². The Morgan fingerprint density at radius 1 is 1.60 bits per heavy atom. The van der Waals surface area contributed by atoms with Crippen LogP contribution in [0.1, 0.15) is 6.23 Å². The molecule has 0 radical (unpaired) electrons. The van der Waals surface area contributed by atoms with Crippen LogP contribution in [-0.4, -0.2) is 54.5 Å². The summed E-state index contributed by atoms with van der Waals surface area (Å²) >= 11 is 4.38. The smallest absolute Gasteiger partial charge is 0.359 e. The fourth-order valence-corrected chi connectivity index (χ4v) is 3.34. The molecule has 1 saturated heterocycles. The van der Waals surface area contributed by atoms with Gasteiger partial charge < -0.3 is 20.5 Å². The third-order valence-corrected chi connectivity index (χ3v) is 4.62. The SMILES string of the molecule is Nc1nc2c(ncn2[C@@H]2O[C@H](CO)[C@H](F)[C@H]2OP(O)(=S)OF)c(=O)[nH]1. The maximum Gasteiger partial charge on any atom is 0.359 e. The highest BCUT2D eigenvalue weighted by Crippen LogP contribution is 2.50. The first-order valence-electron chi connectivity index (χ1n) is 6.71. The number of nitrogens with zero attached hydrogens (tertiary/aromatic N) is 3. The molecule has 0 amide bonds. The summed E-state index contributed by atoms with van der Waals surface area (Å²) in [4.78, 5) is 31.2. The van der Waals surface area contributed by atoms with Crippen molar-refractivity contribution in [2.45, 2.75) is 24.6 Å². The Labute approximate surface area is 142 Å². The lowest BCUT2D eigenvalue weighted by Crippen LogP contribution is -2.31. The largest absolute Gasteiger partial charge is 0.394 e. The number of hydrogen-bond acceptors (Lipinski definition) is 9. The first-order valence-corrected chi connectivity index (χ1v) is 9.30. The fraction of sp³-hybridized carbons (Fsp3) is 0.500. The van der Waals surface area contributed by atoms with Crippen molar-refractivity contribution in [2.75, 3.05) is 12.3 Å². The van der Waals surface area contributed by atoms with E-state index in [0.717, 1.165) is 10.9 Å². The minimum Gasteiger partial charge on any atom is -0.394 e. The molecule has 5 atom stereocenters. The number of imidazole rings is 1. The third kappa shape index (κ3) is 3.29. The van der Waals surface area contributed by atoms with Gasteiger partial charge in [-0.1, -0.05) is 0 Å². The monoisotopic (exact) mass is 399 g/mol. The highest BCUT2D eigenvalue weighted by molar-refractivity contribution is 8.07. The van der Waals surface area contributed by atoms with Crippen molar-refractivity contribution in [3.05, 3.63) is 16.7 Å². The molecule has 1 fully saturated rings. The summed E-state index contributed by atoms with van der Waals surface area (Å²) in [6.45, 7) is -5.13. The number of nitrogens with two attached hydrogens (primary N) is 1. The molecular weight excluding hydrogens is 387 g/mol. The maximum atomic E-state index is 14.4. The molecule has 138 valence electrons. The summed E-state index contributed by atoms with van der Waals surface area (Å²) in [7, 11) is 0. The van der Waals surface area contributed by atoms with Crippen LogP contribution in [-0.2, 0) is 25.8 Å². The molecule has 0 bridgehead atoms. The number of aromatic amines is 1. The van der Waals surface area contributed by atoms with Gasteiger partial charge in [-0.05, 0) is 16.3 Å². The summed E-state index contributed by atoms with van der Waals surface area (Å²) in [6, 6.07) is 0. The van der Waals surface area contributed by atoms with Crippen molar-refractivity contribution < 1.29 is 32.9 Å². The zero-order valence-electron chi connectivity index (χ0n) is 12.2. The van der Waals surface area contributed by atoms with Crippen LogP contribution in [0.15, 0.2) is 11.1 Å². The van der Waals surface area contributed by atoms with Crippen molar-refractivity contribution in [1.82, 2.24) is 19.5 Å². The zero-order valence-corrected chi connectivity index (χ0v) is 13.9. The first kappa shape index (κ1) is 18.3. The van der Waals surface area contributed by atoms with Crippen molar-refractivity contribution in [3.8, 4) is 0 Å². The van der Waals surface area contributed by atoms with Crippen LogP contribution in [0.5, 0.6) is 0 Å². The molecule has 1 aliphatic heterocycles. The van der Waals surface area contributed by atoms with Crippen molar-refractivity contribution in [2.24, 2.45) is 0 Å². The Kier molecular flexibility index (Phi) is 4.85. The predicted molar refractivity (Wildman–Crippen MR) is 82.0 cm³/mol. The summed E-state index contributed by atoms with van der Waals surface area (Å²) in [5.41, 5.74) is 4.64. The number of aliphatic hydroxyl groups is 1. The third-order valence-electron chi connectivity index (χ3n) is 3.51. The lowest BCUT2D eigenvalue weighted by Gasteiger charge is -2.23. The Balaban J connectivity index is 2.07. The van der Waals surface area contributed by atoms with Crippen LogP contribution in [0, 0.1) is 0 Å². The molecule has 3 heterocycles. The molecule has 0 aliphatic carbocycles. The van der Waals surface area contributed by atoms with Gasteiger partial charge in [-0.25, -0.2) is 9.37 Å². The van der Waals surface area contributed by atoms with Gasteiger partial charge >= 0.3 is 6.72 Å². The Hall–Kier alpha value is -1.54. The number of alkyl halides is 1. The van der Waals surface area contributed by atoms with E-state index in [-0.39, 0.29) is 17.1 Å². The average Bonchev–Trinajstić information content (AvgIpc) is 3.09. The average molecular weight is 399 g/mol. The Morgan fingerprint density at radius 2 is 2.32 bits per heavy atom. The number of fused-ring (bicyclic) bond motifs is 1. The predicted octanol–water partition coefficient (Wildman–Crippen LogP) is -0.567. The highest BCUT2D eigenvalue weighted by Gasteiger charge is 2.49.